The Kier molecular flexibility index (Phi) is 5.28. The Balaban J connectivity index is 1.65. The van der Waals surface area contributed by atoms with E-state index in [0.29, 0.717) is 11.5 Å². The van der Waals surface area contributed by atoms with E-state index in [0.717, 1.165) is 43.2 Å². The summed E-state index contributed by atoms with van der Waals surface area (Å²) in [4.78, 5) is 13.1. The lowest BCUT2D eigenvalue weighted by Crippen LogP contribution is -1.97. The molecule has 0 bridgehead atoms. The van der Waals surface area contributed by atoms with Gasteiger partial charge in [-0.2, -0.15) is 5.26 Å². The average Bonchev–Trinajstić information content (AvgIpc) is 3.45. The second-order valence-electron chi connectivity index (χ2n) is 7.00. The first-order valence-corrected chi connectivity index (χ1v) is 10.8. The highest BCUT2D eigenvalue weighted by atomic mass is 32.1. The van der Waals surface area contributed by atoms with E-state index < -0.39 is 0 Å². The number of nitriles is 1. The Hall–Kier alpha value is -4.15. The van der Waals surface area contributed by atoms with Gasteiger partial charge in [0.05, 0.1) is 33.9 Å². The minimum atomic E-state index is -0.0402. The molecule has 6 nitrogen and oxygen atoms in total. The molecule has 156 valence electrons. The molecule has 0 fully saturated rings. The number of aromatic nitrogens is 3. The zero-order valence-electron chi connectivity index (χ0n) is 17.2. The Morgan fingerprint density at radius 2 is 1.84 bits per heavy atom. The van der Waals surface area contributed by atoms with Crippen molar-refractivity contribution in [2.75, 3.05) is 13.7 Å². The highest BCUT2D eigenvalue weighted by Crippen LogP contribution is 2.34. The van der Waals surface area contributed by atoms with E-state index in [1.165, 1.54) is 0 Å². The number of benzene rings is 3. The summed E-state index contributed by atoms with van der Waals surface area (Å²) in [5, 5.41) is 9.66. The van der Waals surface area contributed by atoms with E-state index >= 15 is 0 Å². The fraction of sp³-hybridized carbons (Fsp3) is 0.0800. The maximum atomic E-state index is 8.80. The normalized spacial score (nSPS) is 11.6. The molecule has 0 atom stereocenters. The summed E-state index contributed by atoms with van der Waals surface area (Å²) in [5.41, 5.74) is 4.60. The zero-order valence-corrected chi connectivity index (χ0v) is 18.0. The lowest BCUT2D eigenvalue weighted by molar-refractivity contribution is 0.329. The summed E-state index contributed by atoms with van der Waals surface area (Å²) in [7, 11) is 1.58. The van der Waals surface area contributed by atoms with Crippen LogP contribution in [0, 0.1) is 11.3 Å². The molecule has 0 unspecified atom stereocenters. The van der Waals surface area contributed by atoms with Crippen LogP contribution in [0.5, 0.6) is 11.5 Å². The number of fused-ring (bicyclic) bond motifs is 2. The third-order valence-corrected chi connectivity index (χ3v) is 6.03. The van der Waals surface area contributed by atoms with Crippen LogP contribution in [0.3, 0.4) is 0 Å². The number of thiazole rings is 1. The fourth-order valence-electron chi connectivity index (χ4n) is 3.47. The molecule has 2 aromatic heterocycles. The largest absolute Gasteiger partial charge is 0.493 e. The quantitative estimate of drug-likeness (QED) is 0.369. The summed E-state index contributed by atoms with van der Waals surface area (Å²) in [6.07, 6.45) is 2.03. The van der Waals surface area contributed by atoms with Crippen LogP contribution >= 0.6 is 11.3 Å². The minimum Gasteiger partial charge on any atom is -0.493 e. The molecule has 0 radical (unpaired) electrons. The molecule has 1 N–H and O–H groups in total. The van der Waals surface area contributed by atoms with Gasteiger partial charge in [0, 0.05) is 0 Å². The van der Waals surface area contributed by atoms with E-state index in [-0.39, 0.29) is 6.61 Å². The van der Waals surface area contributed by atoms with Crippen LogP contribution in [0.25, 0.3) is 32.9 Å². The summed E-state index contributed by atoms with van der Waals surface area (Å²) < 4.78 is 12.0. The Labute approximate surface area is 188 Å². The maximum absolute atomic E-state index is 8.80. The molecule has 0 saturated heterocycles. The van der Waals surface area contributed by atoms with Crippen molar-refractivity contribution < 1.29 is 9.47 Å². The van der Waals surface area contributed by atoms with Gasteiger partial charge >= 0.3 is 0 Å². The van der Waals surface area contributed by atoms with E-state index in [1.807, 2.05) is 66.7 Å². The Morgan fingerprint density at radius 3 is 2.62 bits per heavy atom. The van der Waals surface area contributed by atoms with Crippen LogP contribution in [-0.4, -0.2) is 28.7 Å². The van der Waals surface area contributed by atoms with Crippen LogP contribution in [0.4, 0.5) is 0 Å². The van der Waals surface area contributed by atoms with Crippen molar-refractivity contribution in [2.24, 2.45) is 0 Å². The second kappa shape index (κ2) is 8.53. The standard InChI is InChI=1S/C25H18N4O2S/c1-30-22-15-16(10-11-21(22)31-13-12-26)14-17(24-27-18-6-2-3-7-19(18)28-24)25-29-20-8-4-5-9-23(20)32-25/h2-11,14-15H,13H2,1H3,(H,27,28)/b17-14+. The van der Waals surface area contributed by atoms with Gasteiger partial charge in [-0.1, -0.05) is 30.3 Å². The lowest BCUT2D eigenvalue weighted by Gasteiger charge is -2.09. The Morgan fingerprint density at radius 1 is 1.03 bits per heavy atom. The predicted molar refractivity (Wildman–Crippen MR) is 127 cm³/mol. The van der Waals surface area contributed by atoms with Gasteiger partial charge in [-0.3, -0.25) is 0 Å². The molecular formula is C25H18N4O2S. The highest BCUT2D eigenvalue weighted by molar-refractivity contribution is 7.19. The molecule has 3 aromatic carbocycles. The molecule has 32 heavy (non-hydrogen) atoms. The number of para-hydroxylation sites is 3. The number of nitrogens with zero attached hydrogens (tertiary/aromatic N) is 3. The van der Waals surface area contributed by atoms with Gasteiger partial charge in [-0.25, -0.2) is 9.97 Å². The number of hydrogen-bond acceptors (Lipinski definition) is 6. The summed E-state index contributed by atoms with van der Waals surface area (Å²) in [6.45, 7) is -0.0402. The third kappa shape index (κ3) is 3.80. The van der Waals surface area contributed by atoms with Gasteiger partial charge in [-0.05, 0) is 48.0 Å². The highest BCUT2D eigenvalue weighted by Gasteiger charge is 2.16. The number of nitrogens with one attached hydrogen (secondary N) is 1. The molecule has 0 saturated carbocycles. The van der Waals surface area contributed by atoms with Crippen molar-refractivity contribution in [1.82, 2.24) is 15.0 Å². The van der Waals surface area contributed by atoms with E-state index in [9.17, 15) is 0 Å². The van der Waals surface area contributed by atoms with Gasteiger partial charge in [0.25, 0.3) is 0 Å². The number of H-pyrrole nitrogens is 1. The number of aromatic amines is 1. The van der Waals surface area contributed by atoms with Crippen molar-refractivity contribution in [1.29, 1.82) is 5.26 Å². The van der Waals surface area contributed by atoms with E-state index in [1.54, 1.807) is 24.5 Å². The van der Waals surface area contributed by atoms with Gasteiger partial charge in [-0.15, -0.1) is 11.3 Å². The topological polar surface area (TPSA) is 83.8 Å². The smallest absolute Gasteiger partial charge is 0.174 e. The third-order valence-electron chi connectivity index (χ3n) is 4.96. The molecule has 2 heterocycles. The van der Waals surface area contributed by atoms with Crippen molar-refractivity contribution >= 4 is 44.2 Å². The zero-order chi connectivity index (χ0) is 21.9. The van der Waals surface area contributed by atoms with E-state index in [2.05, 4.69) is 11.1 Å². The van der Waals surface area contributed by atoms with Crippen LogP contribution in [0.2, 0.25) is 0 Å². The molecule has 5 aromatic rings. The maximum Gasteiger partial charge on any atom is 0.174 e. The molecule has 5 rings (SSSR count). The van der Waals surface area contributed by atoms with Crippen LogP contribution in [-0.2, 0) is 0 Å². The number of hydrogen-bond donors (Lipinski definition) is 1. The number of ether oxygens (including phenoxy) is 2. The number of methoxy groups -OCH3 is 1. The van der Waals surface area contributed by atoms with Crippen LogP contribution < -0.4 is 9.47 Å². The lowest BCUT2D eigenvalue weighted by atomic mass is 10.1. The predicted octanol–water partition coefficient (Wildman–Crippen LogP) is 5.67. The average molecular weight is 439 g/mol. The monoisotopic (exact) mass is 438 g/mol. The van der Waals surface area contributed by atoms with Crippen LogP contribution in [0.1, 0.15) is 16.4 Å². The summed E-state index contributed by atoms with van der Waals surface area (Å²) in [6, 6.07) is 23.6. The van der Waals surface area contributed by atoms with Crippen LogP contribution in [0.15, 0.2) is 66.7 Å². The second-order valence-corrected chi connectivity index (χ2v) is 8.04. The first-order chi connectivity index (χ1) is 15.7. The van der Waals surface area contributed by atoms with E-state index in [4.69, 9.17) is 24.7 Å². The first-order valence-electron chi connectivity index (χ1n) is 9.96. The van der Waals surface area contributed by atoms with Crippen molar-refractivity contribution in [3.05, 3.63) is 83.1 Å². The van der Waals surface area contributed by atoms with Gasteiger partial charge in [0.15, 0.2) is 18.1 Å². The Bertz CT molecular complexity index is 1350. The van der Waals surface area contributed by atoms with Crippen molar-refractivity contribution in [3.63, 3.8) is 0 Å². The summed E-state index contributed by atoms with van der Waals surface area (Å²) >= 11 is 1.62. The number of rotatable bonds is 6. The number of imidazole rings is 1. The van der Waals surface area contributed by atoms with Gasteiger partial charge < -0.3 is 14.5 Å². The summed E-state index contributed by atoms with van der Waals surface area (Å²) in [5.74, 6) is 1.83. The molecule has 0 spiro atoms. The van der Waals surface area contributed by atoms with Gasteiger partial charge in [0.1, 0.15) is 16.9 Å². The van der Waals surface area contributed by atoms with Crippen molar-refractivity contribution in [3.8, 4) is 17.6 Å². The molecular weight excluding hydrogens is 420 g/mol. The minimum absolute atomic E-state index is 0.0402. The molecule has 0 amide bonds. The van der Waals surface area contributed by atoms with Crippen molar-refractivity contribution in [2.45, 2.75) is 0 Å². The first kappa shape index (κ1) is 19.8. The molecule has 7 heteroatoms. The SMILES string of the molecule is COc1cc(/C=C(\c2nc3ccccc3[nH]2)c2nc3ccccc3s2)ccc1OCC#N. The fourth-order valence-corrected chi connectivity index (χ4v) is 4.45. The molecule has 0 aliphatic rings. The molecule has 0 aliphatic heterocycles. The molecule has 0 aliphatic carbocycles. The van der Waals surface area contributed by atoms with Gasteiger partial charge in [0.2, 0.25) is 0 Å².